The zero-order valence-electron chi connectivity index (χ0n) is 59.2. The van der Waals surface area contributed by atoms with Crippen molar-refractivity contribution in [2.75, 3.05) is 0 Å². The van der Waals surface area contributed by atoms with Gasteiger partial charge in [0.05, 0.1) is 131 Å². The SMILES string of the molecule is CC1(C)OB(c2ccc3cnn(-c4ccnc(CO[Si](C)(C)C(C)(C)C)c4)c3c2)OC1(C)C.CCC[C@H](N[S@](=O)C(C)(C)C)c1cccc(-c2ccc3cnn(-c4ccnc(CO[Si](C)(C)C(C)(C)C)c4)c3c2)n1.CCC[C@H](N[S@](=O)C(C)(C)C)c1cccc(Br)n1.S. The molecule has 0 saturated carbocycles. The average Bonchev–Trinajstić information content (AvgIpc) is 1.63. The molecule has 9 rings (SSSR count). The van der Waals surface area contributed by atoms with E-state index < -0.39 is 45.7 Å². The second-order valence-electron chi connectivity index (χ2n) is 29.9. The minimum Gasteiger partial charge on any atom is -0.411 e. The maximum absolute atomic E-state index is 12.9. The minimum absolute atomic E-state index is 0. The molecule has 23 heteroatoms. The summed E-state index contributed by atoms with van der Waals surface area (Å²) in [6.07, 6.45) is 11.2. The molecule has 1 aliphatic rings. The fraction of sp³-hybridized carbons (Fsp3) is 0.514. The lowest BCUT2D eigenvalue weighted by Crippen LogP contribution is -2.41. The van der Waals surface area contributed by atoms with Gasteiger partial charge in [0, 0.05) is 28.7 Å². The molecule has 0 bridgehead atoms. The number of halogens is 1. The van der Waals surface area contributed by atoms with Crippen LogP contribution in [-0.4, -0.2) is 92.4 Å². The van der Waals surface area contributed by atoms with Gasteiger partial charge in [0.15, 0.2) is 16.6 Å². The highest BCUT2D eigenvalue weighted by Crippen LogP contribution is 2.40. The number of fused-ring (bicyclic) bond motifs is 2. The Morgan fingerprint density at radius 2 is 1.02 bits per heavy atom. The van der Waals surface area contributed by atoms with E-state index in [1.54, 1.807) is 0 Å². The maximum Gasteiger partial charge on any atom is 0.494 e. The second-order valence-corrected chi connectivity index (χ2v) is 44.3. The molecule has 0 spiro atoms. The summed E-state index contributed by atoms with van der Waals surface area (Å²) < 4.78 is 61.0. The fourth-order valence-electron chi connectivity index (χ4n) is 9.19. The third-order valence-electron chi connectivity index (χ3n) is 17.8. The van der Waals surface area contributed by atoms with Gasteiger partial charge in [-0.1, -0.05) is 105 Å². The summed E-state index contributed by atoms with van der Waals surface area (Å²) in [5.74, 6) is 0. The van der Waals surface area contributed by atoms with Gasteiger partial charge >= 0.3 is 7.12 Å². The van der Waals surface area contributed by atoms with Crippen molar-refractivity contribution in [3.8, 4) is 22.6 Å². The molecule has 16 nitrogen and oxygen atoms in total. The first-order chi connectivity index (χ1) is 42.7. The molecule has 1 aliphatic heterocycles. The lowest BCUT2D eigenvalue weighted by molar-refractivity contribution is 0.00578. The van der Waals surface area contributed by atoms with Crippen molar-refractivity contribution in [2.24, 2.45) is 0 Å². The van der Waals surface area contributed by atoms with E-state index in [1.807, 2.05) is 124 Å². The molecule has 0 aliphatic carbocycles. The van der Waals surface area contributed by atoms with Crippen molar-refractivity contribution in [1.29, 1.82) is 0 Å². The van der Waals surface area contributed by atoms with E-state index in [-0.39, 0.29) is 56.4 Å². The van der Waals surface area contributed by atoms with Crippen molar-refractivity contribution in [2.45, 2.75) is 233 Å². The smallest absolute Gasteiger partial charge is 0.411 e. The quantitative estimate of drug-likeness (QED) is 0.0545. The Morgan fingerprint density at radius 3 is 1.45 bits per heavy atom. The molecule has 0 amide bonds. The van der Waals surface area contributed by atoms with Crippen molar-refractivity contribution >= 4 is 102 Å². The largest absolute Gasteiger partial charge is 0.494 e. The number of hydrogen-bond acceptors (Lipinski definition) is 12. The first kappa shape index (κ1) is 77.4. The Morgan fingerprint density at radius 1 is 0.591 bits per heavy atom. The summed E-state index contributed by atoms with van der Waals surface area (Å²) in [5.41, 5.74) is 9.64. The van der Waals surface area contributed by atoms with Gasteiger partial charge in [-0.15, -0.1) is 0 Å². The summed E-state index contributed by atoms with van der Waals surface area (Å²) in [7, 11) is -6.41. The third-order valence-corrected chi connectivity index (χ3v) is 30.5. The van der Waals surface area contributed by atoms with E-state index in [0.29, 0.717) is 13.2 Å². The number of aromatic nitrogens is 8. The van der Waals surface area contributed by atoms with E-state index >= 15 is 0 Å². The van der Waals surface area contributed by atoms with Crippen LogP contribution < -0.4 is 14.9 Å². The average molecular weight is 1420 g/mol. The molecule has 506 valence electrons. The summed E-state index contributed by atoms with van der Waals surface area (Å²) in [5, 5.41) is 11.8. The molecule has 7 heterocycles. The molecule has 93 heavy (non-hydrogen) atoms. The predicted octanol–water partition coefficient (Wildman–Crippen LogP) is 17.0. The summed E-state index contributed by atoms with van der Waals surface area (Å²) in [6, 6.07) is 32.4. The highest BCUT2D eigenvalue weighted by atomic mass is 79.9. The molecule has 6 aromatic heterocycles. The molecular weight excluding hydrogens is 1320 g/mol. The lowest BCUT2D eigenvalue weighted by Gasteiger charge is -2.36. The maximum atomic E-state index is 12.9. The fourth-order valence-corrected chi connectivity index (χ4v) is 13.1. The van der Waals surface area contributed by atoms with Crippen LogP contribution in [0.1, 0.15) is 185 Å². The Balaban J connectivity index is 0.000000236. The van der Waals surface area contributed by atoms with Gasteiger partial charge in [0.1, 0.15) is 4.60 Å². The van der Waals surface area contributed by atoms with Gasteiger partial charge in [0.2, 0.25) is 0 Å². The standard InChI is InChI=1S/C32H45N5O2SSi.C25H36BN3O3Si.C13H21BrN2OS.H2S/c1-10-12-29(36-40(38)31(2,3)4)28-14-11-13-27(35-28)23-15-16-24-21-34-37(30(24)19-23)26-17-18-33-25(20-26)22-39-41(8,9)32(5,6)7;1-23(2,3)33(8,9)30-17-20-15-21(12-13-27-20)29-22-14-19(11-10-18(22)16-28-29)26-31-24(4,5)25(6,7)32-26;1-5-7-11(16-18(17)13(2,3)4)10-8-6-9-12(14)15-10;/h11,13-21,29,36H,10,12,22H2,1-9H3;10-16H,17H2,1-9H3;6,8-9,11,16H,5,7H2,1-4H3;1H2/t29-,40+;;11-,18+;/m0.0./s1. The van der Waals surface area contributed by atoms with Crippen LogP contribution in [0.15, 0.2) is 126 Å². The van der Waals surface area contributed by atoms with Gasteiger partial charge in [-0.05, 0) is 200 Å². The molecule has 0 radical (unpaired) electrons. The van der Waals surface area contributed by atoms with E-state index in [0.717, 1.165) is 103 Å². The third kappa shape index (κ3) is 20.0. The van der Waals surface area contributed by atoms with E-state index in [4.69, 9.17) is 28.2 Å². The molecule has 1 fully saturated rings. The number of nitrogens with one attached hydrogen (secondary N) is 2. The topological polar surface area (TPSA) is 182 Å². The van der Waals surface area contributed by atoms with E-state index in [2.05, 4.69) is 203 Å². The van der Waals surface area contributed by atoms with Crippen LogP contribution in [0.2, 0.25) is 36.3 Å². The Hall–Kier alpha value is -4.63. The van der Waals surface area contributed by atoms with Gasteiger partial charge in [-0.2, -0.15) is 23.7 Å². The molecule has 2 N–H and O–H groups in total. The molecule has 8 aromatic rings. The second kappa shape index (κ2) is 31.3. The Labute approximate surface area is 578 Å². The normalized spacial score (nSPS) is 15.8. The molecule has 1 saturated heterocycles. The number of benzene rings is 2. The van der Waals surface area contributed by atoms with Crippen LogP contribution in [0.5, 0.6) is 0 Å². The lowest BCUT2D eigenvalue weighted by atomic mass is 9.79. The van der Waals surface area contributed by atoms with Crippen LogP contribution in [0.25, 0.3) is 44.4 Å². The number of nitrogens with zero attached hydrogens (tertiary/aromatic N) is 8. The molecule has 0 unspecified atom stereocenters. The summed E-state index contributed by atoms with van der Waals surface area (Å²) in [4.78, 5) is 18.6. The van der Waals surface area contributed by atoms with Gasteiger partial charge in [0.25, 0.3) is 0 Å². The van der Waals surface area contributed by atoms with Gasteiger partial charge in [-0.3, -0.25) is 15.0 Å². The summed E-state index contributed by atoms with van der Waals surface area (Å²) in [6.45, 7) is 47.9. The first-order valence-corrected chi connectivity index (χ1v) is 41.1. The number of hydrogen-bond donors (Lipinski definition) is 2. The van der Waals surface area contributed by atoms with Crippen LogP contribution in [0.4, 0.5) is 0 Å². The predicted molar refractivity (Wildman–Crippen MR) is 400 cm³/mol. The minimum atomic E-state index is -1.89. The molecule has 4 atom stereocenters. The van der Waals surface area contributed by atoms with Crippen LogP contribution in [-0.2, 0) is 53.3 Å². The van der Waals surface area contributed by atoms with Gasteiger partial charge < -0.3 is 18.2 Å². The van der Waals surface area contributed by atoms with E-state index in [1.165, 1.54) is 0 Å². The number of pyridine rings is 4. The highest BCUT2D eigenvalue weighted by molar-refractivity contribution is 9.10. The monoisotopic (exact) mass is 1420 g/mol. The zero-order valence-corrected chi connectivity index (χ0v) is 65.5. The van der Waals surface area contributed by atoms with Crippen molar-refractivity contribution in [3.63, 3.8) is 0 Å². The zero-order chi connectivity index (χ0) is 68.0. The van der Waals surface area contributed by atoms with Crippen molar-refractivity contribution in [3.05, 3.63) is 149 Å². The molecule has 2 aromatic carbocycles. The van der Waals surface area contributed by atoms with Crippen LogP contribution in [0.3, 0.4) is 0 Å². The van der Waals surface area contributed by atoms with Crippen LogP contribution >= 0.6 is 29.4 Å². The summed E-state index contributed by atoms with van der Waals surface area (Å²) >= 11 is 3.37. The van der Waals surface area contributed by atoms with E-state index in [9.17, 15) is 8.42 Å². The Kier molecular flexibility index (Phi) is 26.0. The molecular formula is C70H104BBrN10O6S3Si2. The van der Waals surface area contributed by atoms with Gasteiger partial charge in [-0.25, -0.2) is 32.2 Å². The first-order valence-electron chi connectivity index (χ1n) is 32.2. The van der Waals surface area contributed by atoms with Crippen molar-refractivity contribution in [1.82, 2.24) is 48.9 Å². The Bertz CT molecular complexity index is 3820. The van der Waals surface area contributed by atoms with Crippen LogP contribution in [0, 0.1) is 0 Å². The number of rotatable bonds is 20. The van der Waals surface area contributed by atoms with Crippen molar-refractivity contribution < 1.29 is 26.6 Å². The highest BCUT2D eigenvalue weighted by Gasteiger charge is 2.52.